The van der Waals surface area contributed by atoms with Gasteiger partial charge >= 0.3 is 25.2 Å². The lowest BCUT2D eigenvalue weighted by Gasteiger charge is -2.39. The Balaban J connectivity index is 2.31. The number of alkyl halides is 2. The Morgan fingerprint density at radius 3 is 2.00 bits per heavy atom. The van der Waals surface area contributed by atoms with Crippen molar-refractivity contribution < 1.29 is 60.6 Å². The number of unbranched alkanes of at least 4 members (excludes halogenated alkanes) is 1. The van der Waals surface area contributed by atoms with Gasteiger partial charge < -0.3 is 35.5 Å². The summed E-state index contributed by atoms with van der Waals surface area (Å²) in [6, 6.07) is 3.30. The monoisotopic (exact) mass is 856 g/mol. The Labute approximate surface area is 346 Å². The van der Waals surface area contributed by atoms with Crippen molar-refractivity contribution in [3.8, 4) is 0 Å². The highest BCUT2D eigenvalue weighted by Gasteiger charge is 2.56. The molecule has 4 atom stereocenters. The van der Waals surface area contributed by atoms with Gasteiger partial charge in [0.2, 0.25) is 31.3 Å². The molecule has 0 radical (unpaired) electrons. The molecule has 4 N–H and O–H groups in total. The van der Waals surface area contributed by atoms with Crippen LogP contribution in [0.3, 0.4) is 0 Å². The number of carbonyl (C=O) groups is 6. The van der Waals surface area contributed by atoms with E-state index in [9.17, 15) is 33.3 Å². The fourth-order valence-corrected chi connectivity index (χ4v) is 7.27. The summed E-state index contributed by atoms with van der Waals surface area (Å²) >= 11 is 0. The molecule has 332 valence electrons. The molecule has 0 spiro atoms. The van der Waals surface area contributed by atoms with Gasteiger partial charge in [-0.1, -0.05) is 51.0 Å². The molecular weight excluding hydrogens is 793 g/mol. The van der Waals surface area contributed by atoms with E-state index < -0.39 is 84.5 Å². The van der Waals surface area contributed by atoms with Crippen molar-refractivity contribution in [1.29, 1.82) is 0 Å². The van der Waals surface area contributed by atoms with E-state index >= 15 is 8.78 Å². The van der Waals surface area contributed by atoms with E-state index in [0.29, 0.717) is 43.4 Å². The van der Waals surface area contributed by atoms with E-state index in [2.05, 4.69) is 10.6 Å². The number of halogens is 2. The second kappa shape index (κ2) is 21.5. The van der Waals surface area contributed by atoms with Gasteiger partial charge in [0, 0.05) is 37.2 Å². The van der Waals surface area contributed by atoms with Crippen LogP contribution in [0.25, 0.3) is 5.57 Å². The molecule has 0 aromatic heterocycles. The fourth-order valence-electron chi connectivity index (χ4n) is 6.02. The van der Waals surface area contributed by atoms with Gasteiger partial charge in [-0.05, 0) is 91.7 Å². The molecule has 1 aliphatic rings. The van der Waals surface area contributed by atoms with Crippen LogP contribution in [-0.2, 0) is 57.5 Å². The molecule has 1 aliphatic heterocycles. The number of esters is 2. The number of rotatable bonds is 22. The first-order valence-corrected chi connectivity index (χ1v) is 21.3. The number of nitrogens with two attached hydrogens (primary N) is 1. The first-order valence-electron chi connectivity index (χ1n) is 19.8. The van der Waals surface area contributed by atoms with Crippen LogP contribution in [0.2, 0.25) is 0 Å². The summed E-state index contributed by atoms with van der Waals surface area (Å²) in [6.45, 7) is 14.5. The van der Waals surface area contributed by atoms with Gasteiger partial charge in [-0.15, -0.1) is 0 Å². The second-order valence-corrected chi connectivity index (χ2v) is 19.2. The molecule has 0 aliphatic carbocycles. The van der Waals surface area contributed by atoms with Gasteiger partial charge in [-0.3, -0.25) is 37.6 Å². The van der Waals surface area contributed by atoms with Crippen molar-refractivity contribution in [2.45, 2.75) is 131 Å². The largest absolute Gasteiger partial charge is 0.438 e. The predicted molar refractivity (Wildman–Crippen MR) is 216 cm³/mol. The number of nitrogens with zero attached hydrogens (tertiary/aromatic N) is 1. The molecule has 0 bridgehead atoms. The Morgan fingerprint density at radius 1 is 0.983 bits per heavy atom. The van der Waals surface area contributed by atoms with E-state index in [-0.39, 0.29) is 24.9 Å². The summed E-state index contributed by atoms with van der Waals surface area (Å²) in [6.07, 6.45) is 4.80. The van der Waals surface area contributed by atoms with Gasteiger partial charge in [0.05, 0.1) is 10.8 Å². The van der Waals surface area contributed by atoms with Crippen LogP contribution in [0.1, 0.15) is 119 Å². The third kappa shape index (κ3) is 14.0. The number of likely N-dealkylation sites (tertiary alicyclic amines) is 1. The third-order valence-corrected chi connectivity index (χ3v) is 11.9. The predicted octanol–water partition coefficient (Wildman–Crippen LogP) is 6.18. The maximum atomic E-state index is 16.0. The van der Waals surface area contributed by atoms with Crippen LogP contribution in [-0.4, -0.2) is 85.1 Å². The van der Waals surface area contributed by atoms with E-state index in [4.69, 9.17) is 24.3 Å². The fraction of sp³-hybridized carbons (Fsp3) is 0.659. The summed E-state index contributed by atoms with van der Waals surface area (Å²) in [5.41, 5.74) is -2.43. The quantitative estimate of drug-likeness (QED) is 0.0393. The standard InChI is InChI=1S/C41H63F2N4O11P/c1-11-12-13-32(35(51)47-21-20-28(3)40(47,24-48)23-45-29(4)14-19-33(44)49)46-34(50)22-27(2)30-15-17-31(18-16-30)41(42,43)59(54,57-25-55-36(52)38(5,6)7)58-26-56-37(53)39(8,9)10/h15-18,22,24,28-29,32,45H,11-14,19-21,23,25-26H2,1-10H3,(H2,44,49)(H,46,50). The summed E-state index contributed by atoms with van der Waals surface area (Å²) in [5, 5.41) is 6.05. The Kier molecular flexibility index (Phi) is 18.6. The topological polar surface area (TPSA) is 210 Å². The van der Waals surface area contributed by atoms with E-state index in [1.807, 2.05) is 20.8 Å². The lowest BCUT2D eigenvalue weighted by Crippen LogP contribution is -2.62. The minimum Gasteiger partial charge on any atom is -0.438 e. The summed E-state index contributed by atoms with van der Waals surface area (Å²) < 4.78 is 65.3. The number of allylic oxidation sites excluding steroid dienone is 1. The minimum absolute atomic E-state index is 0.148. The number of hydrogen-bond acceptors (Lipinski definition) is 12. The average Bonchev–Trinajstić information content (AvgIpc) is 3.48. The van der Waals surface area contributed by atoms with Crippen LogP contribution in [0, 0.1) is 16.7 Å². The highest BCUT2D eigenvalue weighted by molar-refractivity contribution is 7.54. The first-order chi connectivity index (χ1) is 27.2. The number of carbonyl (C=O) groups excluding carboxylic acids is 6. The second-order valence-electron chi connectivity index (χ2n) is 17.1. The van der Waals surface area contributed by atoms with Gasteiger partial charge in [-0.25, -0.2) is 0 Å². The number of amides is 3. The zero-order chi connectivity index (χ0) is 45.0. The third-order valence-electron chi connectivity index (χ3n) is 10.1. The molecule has 15 nitrogen and oxygen atoms in total. The molecule has 3 amide bonds. The van der Waals surface area contributed by atoms with E-state index in [1.54, 1.807) is 6.92 Å². The van der Waals surface area contributed by atoms with Crippen molar-refractivity contribution in [3.63, 3.8) is 0 Å². The maximum Gasteiger partial charge on any atom is 0.410 e. The van der Waals surface area contributed by atoms with Crippen molar-refractivity contribution in [3.05, 3.63) is 41.5 Å². The molecule has 0 saturated carbocycles. The summed E-state index contributed by atoms with van der Waals surface area (Å²) in [5.74, 6) is -3.32. The Bertz CT molecular complexity index is 1690. The number of nitrogens with one attached hydrogen (secondary N) is 2. The number of ether oxygens (including phenoxy) is 2. The molecule has 1 heterocycles. The van der Waals surface area contributed by atoms with E-state index in [1.165, 1.54) is 64.7 Å². The minimum atomic E-state index is -5.54. The van der Waals surface area contributed by atoms with Gasteiger partial charge in [0.1, 0.15) is 17.9 Å². The molecule has 1 aromatic carbocycles. The Morgan fingerprint density at radius 2 is 1.53 bits per heavy atom. The highest BCUT2D eigenvalue weighted by atomic mass is 31.2. The molecule has 1 aromatic rings. The SMILES string of the molecule is CCCCC(NC(=O)C=C(C)c1ccc(C(F)(F)P(=O)(OCOC(=O)C(C)(C)C)OCOC(=O)C(C)(C)C)cc1)C(=O)N1CCC(C)C1(C=O)CNC(C)CCC(N)=O. The summed E-state index contributed by atoms with van der Waals surface area (Å²) in [7, 11) is -5.54. The number of primary amides is 1. The molecular formula is C41H63F2N4O11P. The van der Waals surface area contributed by atoms with Gasteiger partial charge in [0.15, 0.2) is 0 Å². The van der Waals surface area contributed by atoms with Crippen LogP contribution in [0.4, 0.5) is 8.78 Å². The van der Waals surface area contributed by atoms with Gasteiger partial charge in [-0.2, -0.15) is 8.78 Å². The van der Waals surface area contributed by atoms with Crippen molar-refractivity contribution in [2.75, 3.05) is 26.7 Å². The number of aldehydes is 1. The van der Waals surface area contributed by atoms with Crippen LogP contribution >= 0.6 is 7.60 Å². The zero-order valence-electron chi connectivity index (χ0n) is 36.0. The maximum absolute atomic E-state index is 16.0. The lowest BCUT2D eigenvalue weighted by atomic mass is 9.86. The molecule has 18 heteroatoms. The first kappa shape index (κ1) is 51.1. The van der Waals surface area contributed by atoms with E-state index in [0.717, 1.165) is 24.8 Å². The number of benzene rings is 1. The Hall–Kier alpha value is -4.05. The van der Waals surface area contributed by atoms with Crippen LogP contribution < -0.4 is 16.4 Å². The highest BCUT2D eigenvalue weighted by Crippen LogP contribution is 2.67. The van der Waals surface area contributed by atoms with Crippen molar-refractivity contribution in [2.24, 2.45) is 22.5 Å². The van der Waals surface area contributed by atoms with Gasteiger partial charge in [0.25, 0.3) is 0 Å². The zero-order valence-corrected chi connectivity index (χ0v) is 36.9. The van der Waals surface area contributed by atoms with Crippen LogP contribution in [0.5, 0.6) is 0 Å². The normalized spacial score (nSPS) is 18.8. The molecule has 59 heavy (non-hydrogen) atoms. The molecule has 1 fully saturated rings. The molecule has 4 unspecified atom stereocenters. The molecule has 1 saturated heterocycles. The average molecular weight is 857 g/mol. The van der Waals surface area contributed by atoms with Crippen molar-refractivity contribution >= 4 is 49.1 Å². The smallest absolute Gasteiger partial charge is 0.410 e. The lowest BCUT2D eigenvalue weighted by molar-refractivity contribution is -0.163. The van der Waals surface area contributed by atoms with Crippen molar-refractivity contribution in [1.82, 2.24) is 15.5 Å². The summed E-state index contributed by atoms with van der Waals surface area (Å²) in [4.78, 5) is 77.4. The number of hydrogen-bond donors (Lipinski definition) is 3. The van der Waals surface area contributed by atoms with Crippen LogP contribution in [0.15, 0.2) is 30.3 Å². The molecule has 2 rings (SSSR count).